The molecule has 1 amide bonds. The summed E-state index contributed by atoms with van der Waals surface area (Å²) in [4.78, 5) is 12.0. The molecule has 4 nitrogen and oxygen atoms in total. The number of carbonyl (C=O) groups excluding carboxylic acids is 1. The lowest BCUT2D eigenvalue weighted by atomic mass is 9.85. The molecule has 1 saturated carbocycles. The lowest BCUT2D eigenvalue weighted by Gasteiger charge is -2.33. The summed E-state index contributed by atoms with van der Waals surface area (Å²) >= 11 is 0. The van der Waals surface area contributed by atoms with Gasteiger partial charge in [0.05, 0.1) is 11.6 Å². The van der Waals surface area contributed by atoms with Gasteiger partial charge in [0.25, 0.3) is 0 Å². The monoisotopic (exact) mass is 270 g/mol. The van der Waals surface area contributed by atoms with Crippen LogP contribution in [0.5, 0.6) is 0 Å². The zero-order valence-electron chi connectivity index (χ0n) is 12.7. The predicted octanol–water partition coefficient (Wildman–Crippen LogP) is 1.96. The van der Waals surface area contributed by atoms with Crippen LogP contribution in [0.1, 0.15) is 65.7 Å². The van der Waals surface area contributed by atoms with E-state index < -0.39 is 5.60 Å². The summed E-state index contributed by atoms with van der Waals surface area (Å²) in [6.07, 6.45) is 7.01. The minimum atomic E-state index is -0.609. The molecule has 0 bridgehead atoms. The van der Waals surface area contributed by atoms with Crippen molar-refractivity contribution in [2.75, 3.05) is 6.54 Å². The summed E-state index contributed by atoms with van der Waals surface area (Å²) in [5, 5.41) is 16.6. The average Bonchev–Trinajstić information content (AvgIpc) is 2.42. The summed E-state index contributed by atoms with van der Waals surface area (Å²) in [5.41, 5.74) is -0.609. The van der Waals surface area contributed by atoms with E-state index in [9.17, 15) is 9.90 Å². The molecule has 1 atom stereocenters. The Hall–Kier alpha value is -0.610. The molecule has 0 aromatic carbocycles. The van der Waals surface area contributed by atoms with Crippen LogP contribution in [0.25, 0.3) is 0 Å². The van der Waals surface area contributed by atoms with Gasteiger partial charge in [-0.1, -0.05) is 33.1 Å². The van der Waals surface area contributed by atoms with E-state index in [1.54, 1.807) is 0 Å². The molecule has 0 spiro atoms. The Balaban J connectivity index is 2.33. The van der Waals surface area contributed by atoms with Crippen LogP contribution in [-0.4, -0.2) is 35.2 Å². The lowest BCUT2D eigenvalue weighted by Crippen LogP contribution is -2.51. The zero-order valence-corrected chi connectivity index (χ0v) is 12.7. The molecule has 1 rings (SSSR count). The first-order chi connectivity index (χ1) is 9.00. The molecule has 0 aromatic rings. The fraction of sp³-hybridized carbons (Fsp3) is 0.933. The van der Waals surface area contributed by atoms with E-state index in [0.717, 1.165) is 38.5 Å². The largest absolute Gasteiger partial charge is 0.389 e. The fourth-order valence-electron chi connectivity index (χ4n) is 2.64. The first-order valence-corrected chi connectivity index (χ1v) is 7.77. The van der Waals surface area contributed by atoms with Gasteiger partial charge < -0.3 is 15.7 Å². The van der Waals surface area contributed by atoms with Crippen molar-refractivity contribution >= 4 is 5.91 Å². The van der Waals surface area contributed by atoms with Gasteiger partial charge in [-0.05, 0) is 32.6 Å². The van der Waals surface area contributed by atoms with Crippen LogP contribution in [0.2, 0.25) is 0 Å². The van der Waals surface area contributed by atoms with Crippen molar-refractivity contribution in [1.29, 1.82) is 0 Å². The summed E-state index contributed by atoms with van der Waals surface area (Å²) in [6.45, 7) is 6.54. The van der Waals surface area contributed by atoms with Crippen molar-refractivity contribution in [3.8, 4) is 0 Å². The van der Waals surface area contributed by atoms with Crippen molar-refractivity contribution in [1.82, 2.24) is 10.6 Å². The Bertz CT molecular complexity index is 271. The molecular formula is C15H30N2O2. The molecule has 112 valence electrons. The van der Waals surface area contributed by atoms with Crippen molar-refractivity contribution in [3.05, 3.63) is 0 Å². The van der Waals surface area contributed by atoms with Crippen LogP contribution in [0, 0.1) is 0 Å². The van der Waals surface area contributed by atoms with Gasteiger partial charge in [-0.3, -0.25) is 4.79 Å². The molecule has 1 fully saturated rings. The molecule has 1 aliphatic rings. The highest BCUT2D eigenvalue weighted by atomic mass is 16.3. The van der Waals surface area contributed by atoms with Crippen LogP contribution in [0.15, 0.2) is 0 Å². The van der Waals surface area contributed by atoms with Gasteiger partial charge in [0.1, 0.15) is 0 Å². The molecule has 0 aliphatic heterocycles. The first kappa shape index (κ1) is 16.4. The smallest absolute Gasteiger partial charge is 0.237 e. The quantitative estimate of drug-likeness (QED) is 0.663. The molecule has 0 heterocycles. The molecule has 0 saturated heterocycles. The van der Waals surface area contributed by atoms with Gasteiger partial charge in [-0.25, -0.2) is 0 Å². The molecule has 4 heteroatoms. The van der Waals surface area contributed by atoms with E-state index in [2.05, 4.69) is 24.5 Å². The van der Waals surface area contributed by atoms with Crippen molar-refractivity contribution in [2.45, 2.75) is 83.4 Å². The molecule has 3 N–H and O–H groups in total. The van der Waals surface area contributed by atoms with Crippen LogP contribution >= 0.6 is 0 Å². The number of hydrogen-bond donors (Lipinski definition) is 3. The second kappa shape index (κ2) is 7.85. The topological polar surface area (TPSA) is 61.4 Å². The zero-order chi connectivity index (χ0) is 14.3. The molecule has 1 aliphatic carbocycles. The van der Waals surface area contributed by atoms with Gasteiger partial charge in [-0.2, -0.15) is 0 Å². The second-order valence-electron chi connectivity index (χ2n) is 5.91. The number of carbonyl (C=O) groups is 1. The van der Waals surface area contributed by atoms with E-state index in [-0.39, 0.29) is 18.0 Å². The Morgan fingerprint density at radius 3 is 2.32 bits per heavy atom. The highest BCUT2D eigenvalue weighted by Crippen LogP contribution is 2.27. The Kier molecular flexibility index (Phi) is 6.80. The van der Waals surface area contributed by atoms with Gasteiger partial charge in [0, 0.05) is 12.6 Å². The summed E-state index contributed by atoms with van der Waals surface area (Å²) in [6, 6.07) is 0.0149. The summed E-state index contributed by atoms with van der Waals surface area (Å²) in [5.74, 6) is 0.0353. The van der Waals surface area contributed by atoms with Gasteiger partial charge >= 0.3 is 0 Å². The van der Waals surface area contributed by atoms with Crippen LogP contribution in [0.4, 0.5) is 0 Å². The standard InChI is InChI=1S/C15H30N2O2/c1-4-13(5-2)17-14(18)12(3)16-11-15(19)9-7-6-8-10-15/h12-13,16,19H,4-11H2,1-3H3,(H,17,18). The fourth-order valence-corrected chi connectivity index (χ4v) is 2.64. The predicted molar refractivity (Wildman–Crippen MR) is 78.0 cm³/mol. The summed E-state index contributed by atoms with van der Waals surface area (Å²) in [7, 11) is 0. The van der Waals surface area contributed by atoms with Crippen molar-refractivity contribution < 1.29 is 9.90 Å². The van der Waals surface area contributed by atoms with Gasteiger partial charge in [0.2, 0.25) is 5.91 Å². The maximum Gasteiger partial charge on any atom is 0.237 e. The molecular weight excluding hydrogens is 240 g/mol. The normalized spacial score (nSPS) is 20.3. The first-order valence-electron chi connectivity index (χ1n) is 7.77. The van der Waals surface area contributed by atoms with Crippen LogP contribution in [0.3, 0.4) is 0 Å². The minimum absolute atomic E-state index is 0.0353. The number of amides is 1. The molecule has 19 heavy (non-hydrogen) atoms. The molecule has 0 aromatic heterocycles. The number of aliphatic hydroxyl groups is 1. The average molecular weight is 270 g/mol. The maximum atomic E-state index is 12.0. The minimum Gasteiger partial charge on any atom is -0.389 e. The third kappa shape index (κ3) is 5.49. The van der Waals surface area contributed by atoms with Gasteiger partial charge in [0.15, 0.2) is 0 Å². The molecule has 1 unspecified atom stereocenters. The van der Waals surface area contributed by atoms with E-state index >= 15 is 0 Å². The van der Waals surface area contributed by atoms with Crippen LogP contribution < -0.4 is 10.6 Å². The van der Waals surface area contributed by atoms with E-state index in [1.165, 1.54) is 6.42 Å². The number of rotatable bonds is 7. The lowest BCUT2D eigenvalue weighted by molar-refractivity contribution is -0.123. The van der Waals surface area contributed by atoms with Crippen LogP contribution in [-0.2, 0) is 4.79 Å². The highest BCUT2D eigenvalue weighted by molar-refractivity contribution is 5.81. The Labute approximate surface area is 117 Å². The third-order valence-corrected chi connectivity index (χ3v) is 4.25. The SMILES string of the molecule is CCC(CC)NC(=O)C(C)NCC1(O)CCCCC1. The number of hydrogen-bond acceptors (Lipinski definition) is 3. The van der Waals surface area contributed by atoms with Gasteiger partial charge in [-0.15, -0.1) is 0 Å². The third-order valence-electron chi connectivity index (χ3n) is 4.25. The Morgan fingerprint density at radius 1 is 1.21 bits per heavy atom. The van der Waals surface area contributed by atoms with Crippen molar-refractivity contribution in [2.24, 2.45) is 0 Å². The number of nitrogens with one attached hydrogen (secondary N) is 2. The van der Waals surface area contributed by atoms with Crippen molar-refractivity contribution in [3.63, 3.8) is 0 Å². The second-order valence-corrected chi connectivity index (χ2v) is 5.91. The highest BCUT2D eigenvalue weighted by Gasteiger charge is 2.30. The van der Waals surface area contributed by atoms with E-state index in [1.807, 2.05) is 6.92 Å². The summed E-state index contributed by atoms with van der Waals surface area (Å²) < 4.78 is 0. The van der Waals surface area contributed by atoms with E-state index in [4.69, 9.17) is 0 Å². The van der Waals surface area contributed by atoms with E-state index in [0.29, 0.717) is 6.54 Å². The molecule has 0 radical (unpaired) electrons. The Morgan fingerprint density at radius 2 is 1.79 bits per heavy atom. The maximum absolute atomic E-state index is 12.0.